The summed E-state index contributed by atoms with van der Waals surface area (Å²) < 4.78 is 5.56. The summed E-state index contributed by atoms with van der Waals surface area (Å²) in [5, 5.41) is 6.33. The summed E-state index contributed by atoms with van der Waals surface area (Å²) in [7, 11) is 1.74. The zero-order chi connectivity index (χ0) is 12.7. The Morgan fingerprint density at radius 3 is 2.65 bits per heavy atom. The van der Waals surface area contributed by atoms with Crippen molar-refractivity contribution in [3.63, 3.8) is 0 Å². The second-order valence-corrected chi connectivity index (χ2v) is 6.72. The van der Waals surface area contributed by atoms with Gasteiger partial charge in [0.25, 0.3) is 0 Å². The summed E-state index contributed by atoms with van der Waals surface area (Å²) in [5.74, 6) is 1.88. The number of rotatable bonds is 3. The first-order valence-electron chi connectivity index (χ1n) is 6.07. The van der Waals surface area contributed by atoms with Crippen molar-refractivity contribution in [2.45, 2.75) is 44.9 Å². The molecule has 2 aliphatic rings. The fourth-order valence-electron chi connectivity index (χ4n) is 2.56. The third-order valence-electron chi connectivity index (χ3n) is 4.63. The minimum absolute atomic E-state index is 0.0108. The van der Waals surface area contributed by atoms with Crippen molar-refractivity contribution in [3.8, 4) is 0 Å². The Morgan fingerprint density at radius 1 is 1.47 bits per heavy atom. The third-order valence-corrected chi connectivity index (χ3v) is 5.57. The molecule has 0 aromatic carbocycles. The fraction of sp³-hybridized carbons (Fsp3) is 0.917. The van der Waals surface area contributed by atoms with Crippen LogP contribution in [-0.2, 0) is 9.53 Å². The van der Waals surface area contributed by atoms with Crippen molar-refractivity contribution in [3.05, 3.63) is 0 Å². The van der Waals surface area contributed by atoms with E-state index in [2.05, 4.69) is 31.4 Å². The van der Waals surface area contributed by atoms with E-state index in [9.17, 15) is 4.79 Å². The predicted molar refractivity (Wildman–Crippen MR) is 70.0 cm³/mol. The second-order valence-electron chi connectivity index (χ2n) is 5.69. The largest absolute Gasteiger partial charge is 0.378 e. The lowest BCUT2D eigenvalue weighted by molar-refractivity contribution is -0.182. The molecule has 1 aliphatic heterocycles. The van der Waals surface area contributed by atoms with Gasteiger partial charge in [-0.25, -0.2) is 0 Å². The van der Waals surface area contributed by atoms with Gasteiger partial charge in [0, 0.05) is 30.2 Å². The highest BCUT2D eigenvalue weighted by molar-refractivity contribution is 7.99. The molecule has 5 heteroatoms. The molecule has 0 aromatic rings. The topological polar surface area (TPSA) is 50.4 Å². The molecule has 0 radical (unpaired) electrons. The molecule has 4 nitrogen and oxygen atoms in total. The van der Waals surface area contributed by atoms with Crippen molar-refractivity contribution < 1.29 is 9.53 Å². The van der Waals surface area contributed by atoms with E-state index in [4.69, 9.17) is 4.74 Å². The molecular weight excluding hydrogens is 236 g/mol. The van der Waals surface area contributed by atoms with Crippen LogP contribution >= 0.6 is 11.8 Å². The van der Waals surface area contributed by atoms with E-state index in [1.54, 1.807) is 18.9 Å². The van der Waals surface area contributed by atoms with Gasteiger partial charge in [0.1, 0.15) is 0 Å². The maximum atomic E-state index is 12.0. The number of carbonyl (C=O) groups is 1. The van der Waals surface area contributed by atoms with Crippen molar-refractivity contribution in [2.24, 2.45) is 5.41 Å². The van der Waals surface area contributed by atoms with Gasteiger partial charge in [-0.05, 0) is 13.3 Å². The molecule has 1 saturated heterocycles. The lowest BCUT2D eigenvalue weighted by Gasteiger charge is -2.59. The van der Waals surface area contributed by atoms with Gasteiger partial charge in [0.05, 0.1) is 11.6 Å². The average Bonchev–Trinajstić information content (AvgIpc) is 2.81. The van der Waals surface area contributed by atoms with E-state index in [0.29, 0.717) is 0 Å². The molecule has 3 atom stereocenters. The minimum atomic E-state index is -0.122. The molecule has 1 heterocycles. The predicted octanol–water partition coefficient (Wildman–Crippen LogP) is 0.969. The summed E-state index contributed by atoms with van der Waals surface area (Å²) in [5.41, 5.74) is -0.133. The number of hydrogen-bond acceptors (Lipinski definition) is 4. The molecule has 98 valence electrons. The number of ether oxygens (including phenoxy) is 1. The Balaban J connectivity index is 1.91. The van der Waals surface area contributed by atoms with Crippen molar-refractivity contribution >= 4 is 17.7 Å². The number of hydrogen-bond donors (Lipinski definition) is 2. The fourth-order valence-corrected chi connectivity index (χ4v) is 3.50. The maximum Gasteiger partial charge on any atom is 0.238 e. The van der Waals surface area contributed by atoms with Crippen molar-refractivity contribution in [1.82, 2.24) is 10.6 Å². The minimum Gasteiger partial charge on any atom is -0.378 e. The van der Waals surface area contributed by atoms with Crippen LogP contribution in [-0.4, -0.2) is 42.3 Å². The van der Waals surface area contributed by atoms with Crippen LogP contribution in [0.2, 0.25) is 0 Å². The zero-order valence-electron chi connectivity index (χ0n) is 11.0. The maximum absolute atomic E-state index is 12.0. The van der Waals surface area contributed by atoms with Gasteiger partial charge in [-0.15, -0.1) is 11.8 Å². The van der Waals surface area contributed by atoms with Crippen LogP contribution in [0.15, 0.2) is 0 Å². The number of nitrogens with one attached hydrogen (secondary N) is 2. The van der Waals surface area contributed by atoms with Gasteiger partial charge < -0.3 is 10.1 Å². The molecule has 0 spiro atoms. The molecule has 0 aromatic heterocycles. The Labute approximate surface area is 107 Å². The highest BCUT2D eigenvalue weighted by atomic mass is 32.2. The number of carbonyl (C=O) groups excluding carboxylic acids is 1. The Morgan fingerprint density at radius 2 is 2.18 bits per heavy atom. The monoisotopic (exact) mass is 258 g/mol. The number of thioether (sulfide) groups is 1. The highest BCUT2D eigenvalue weighted by Crippen LogP contribution is 2.51. The van der Waals surface area contributed by atoms with E-state index in [1.165, 1.54) is 0 Å². The zero-order valence-corrected chi connectivity index (χ0v) is 11.8. The third kappa shape index (κ3) is 2.09. The number of amides is 1. The van der Waals surface area contributed by atoms with E-state index in [-0.39, 0.29) is 29.0 Å². The van der Waals surface area contributed by atoms with Crippen LogP contribution < -0.4 is 10.6 Å². The lowest BCUT2D eigenvalue weighted by atomic mass is 9.56. The first-order valence-corrected chi connectivity index (χ1v) is 7.23. The van der Waals surface area contributed by atoms with Crippen molar-refractivity contribution in [1.29, 1.82) is 0 Å². The summed E-state index contributed by atoms with van der Waals surface area (Å²) in [6, 6.07) is 0.192. The van der Waals surface area contributed by atoms with E-state index >= 15 is 0 Å². The van der Waals surface area contributed by atoms with Crippen LogP contribution in [0.3, 0.4) is 0 Å². The molecular formula is C12H22N2O2S. The quantitative estimate of drug-likeness (QED) is 0.792. The van der Waals surface area contributed by atoms with Crippen LogP contribution in [0, 0.1) is 5.41 Å². The molecule has 2 fully saturated rings. The highest BCUT2D eigenvalue weighted by Gasteiger charge is 2.58. The van der Waals surface area contributed by atoms with Gasteiger partial charge in [-0.1, -0.05) is 13.8 Å². The number of methoxy groups -OCH3 is 1. The van der Waals surface area contributed by atoms with Crippen LogP contribution in [0.5, 0.6) is 0 Å². The summed E-state index contributed by atoms with van der Waals surface area (Å²) in [6.45, 7) is 6.42. The van der Waals surface area contributed by atoms with Crippen molar-refractivity contribution in [2.75, 3.05) is 18.7 Å². The van der Waals surface area contributed by atoms with Gasteiger partial charge in [-0.2, -0.15) is 0 Å². The first kappa shape index (κ1) is 13.2. The smallest absolute Gasteiger partial charge is 0.238 e. The first-order chi connectivity index (χ1) is 7.90. The Kier molecular flexibility index (Phi) is 3.45. The Hall–Kier alpha value is -0.260. The summed E-state index contributed by atoms with van der Waals surface area (Å²) in [4.78, 5) is 12.0. The van der Waals surface area contributed by atoms with Crippen LogP contribution in [0.1, 0.15) is 27.2 Å². The second kappa shape index (κ2) is 4.44. The standard InChI is InChI=1S/C12H22N2O2S/c1-11(2)9(5-12(11,3)16-4)14-10(15)8-6-17-7-13-8/h8-9,13H,5-7H2,1-4H3,(H,14,15)/t8-,9-,12+/m1/s1. The molecule has 0 bridgehead atoms. The van der Waals surface area contributed by atoms with Gasteiger partial charge in [0.15, 0.2) is 0 Å². The molecule has 2 N–H and O–H groups in total. The molecule has 17 heavy (non-hydrogen) atoms. The summed E-state index contributed by atoms with van der Waals surface area (Å²) >= 11 is 1.77. The molecule has 1 amide bonds. The lowest BCUT2D eigenvalue weighted by Crippen LogP contribution is -2.69. The van der Waals surface area contributed by atoms with E-state index in [1.807, 2.05) is 0 Å². The average molecular weight is 258 g/mol. The van der Waals surface area contributed by atoms with Gasteiger partial charge in [-0.3, -0.25) is 10.1 Å². The van der Waals surface area contributed by atoms with Crippen LogP contribution in [0.4, 0.5) is 0 Å². The van der Waals surface area contributed by atoms with Crippen LogP contribution in [0.25, 0.3) is 0 Å². The van der Waals surface area contributed by atoms with E-state index < -0.39 is 0 Å². The molecule has 1 aliphatic carbocycles. The molecule has 1 saturated carbocycles. The molecule has 2 rings (SSSR count). The SMILES string of the molecule is CO[C@@]1(C)C[C@@H](NC(=O)[C@H]2CSCN2)C1(C)C. The molecule has 0 unspecified atom stereocenters. The van der Waals surface area contributed by atoms with Gasteiger partial charge in [0.2, 0.25) is 5.91 Å². The summed E-state index contributed by atoms with van der Waals surface area (Å²) in [6.07, 6.45) is 0.891. The van der Waals surface area contributed by atoms with Gasteiger partial charge >= 0.3 is 0 Å². The van der Waals surface area contributed by atoms with E-state index in [0.717, 1.165) is 18.1 Å². The normalized spacial score (nSPS) is 39.8. The Bertz CT molecular complexity index is 316.